The van der Waals surface area contributed by atoms with Gasteiger partial charge in [0.05, 0.1) is 10.7 Å². The Morgan fingerprint density at radius 1 is 1.54 bits per heavy atom. The van der Waals surface area contributed by atoms with Crippen LogP contribution in [0, 0.1) is 6.92 Å². The van der Waals surface area contributed by atoms with Crippen LogP contribution in [0.3, 0.4) is 0 Å². The molecule has 0 radical (unpaired) electrons. The summed E-state index contributed by atoms with van der Waals surface area (Å²) in [6.07, 6.45) is 1.39. The molecule has 1 heterocycles. The van der Waals surface area contributed by atoms with Crippen LogP contribution in [0.2, 0.25) is 5.02 Å². The Hall–Kier alpha value is -0.320. The molecule has 0 bridgehead atoms. The van der Waals surface area contributed by atoms with Crippen LogP contribution in [0.1, 0.15) is 11.3 Å². The molecule has 0 aliphatic carbocycles. The van der Waals surface area contributed by atoms with E-state index in [1.165, 1.54) is 6.20 Å². The second-order valence-electron chi connectivity index (χ2n) is 2.60. The van der Waals surface area contributed by atoms with Crippen LogP contribution in [-0.4, -0.2) is 13.4 Å². The molecule has 0 atom stereocenters. The highest BCUT2D eigenvalue weighted by Gasteiger charge is 2.10. The van der Waals surface area contributed by atoms with Crippen molar-refractivity contribution >= 4 is 31.3 Å². The van der Waals surface area contributed by atoms with Crippen molar-refractivity contribution < 1.29 is 8.42 Å². The fourth-order valence-corrected chi connectivity index (χ4v) is 2.03. The lowest BCUT2D eigenvalue weighted by atomic mass is 10.2. The number of halogens is 2. The van der Waals surface area contributed by atoms with E-state index in [4.69, 9.17) is 22.3 Å². The fraction of sp³-hybridized carbons (Fsp3) is 0.286. The van der Waals surface area contributed by atoms with Gasteiger partial charge >= 0.3 is 0 Å². The smallest absolute Gasteiger partial charge is 0.238 e. The molecule has 0 saturated heterocycles. The lowest BCUT2D eigenvalue weighted by Crippen LogP contribution is -2.00. The van der Waals surface area contributed by atoms with Crippen LogP contribution >= 0.6 is 22.3 Å². The molecule has 0 amide bonds. The number of nitrogens with zero attached hydrogens (tertiary/aromatic N) is 1. The zero-order chi connectivity index (χ0) is 10.1. The molecule has 0 aliphatic heterocycles. The van der Waals surface area contributed by atoms with Gasteiger partial charge in [0.15, 0.2) is 0 Å². The van der Waals surface area contributed by atoms with Crippen LogP contribution in [0.5, 0.6) is 0 Å². The van der Waals surface area contributed by atoms with Gasteiger partial charge in [0, 0.05) is 16.9 Å². The molecule has 72 valence electrons. The average molecular weight is 240 g/mol. The molecule has 6 heteroatoms. The van der Waals surface area contributed by atoms with E-state index >= 15 is 0 Å². The molecule has 1 rings (SSSR count). The predicted molar refractivity (Wildman–Crippen MR) is 52.5 cm³/mol. The third-order valence-electron chi connectivity index (χ3n) is 1.46. The number of aromatic nitrogens is 1. The van der Waals surface area contributed by atoms with Gasteiger partial charge in [0.25, 0.3) is 0 Å². The summed E-state index contributed by atoms with van der Waals surface area (Å²) in [6.45, 7) is 1.73. The van der Waals surface area contributed by atoms with Gasteiger partial charge in [-0.25, -0.2) is 8.42 Å². The minimum absolute atomic E-state index is 0.266. The van der Waals surface area contributed by atoms with Gasteiger partial charge in [0.2, 0.25) is 9.05 Å². The van der Waals surface area contributed by atoms with E-state index in [0.717, 1.165) is 5.56 Å². The van der Waals surface area contributed by atoms with E-state index < -0.39 is 9.05 Å². The number of rotatable bonds is 2. The predicted octanol–water partition coefficient (Wildman–Crippen LogP) is 2.11. The topological polar surface area (TPSA) is 47.0 Å². The first-order chi connectivity index (χ1) is 5.88. The van der Waals surface area contributed by atoms with Crippen LogP contribution in [0.15, 0.2) is 12.3 Å². The van der Waals surface area contributed by atoms with Crippen molar-refractivity contribution in [3.63, 3.8) is 0 Å². The van der Waals surface area contributed by atoms with E-state index in [1.807, 2.05) is 0 Å². The van der Waals surface area contributed by atoms with Gasteiger partial charge in [-0.15, -0.1) is 0 Å². The van der Waals surface area contributed by atoms with Crippen LogP contribution in [0.25, 0.3) is 0 Å². The van der Waals surface area contributed by atoms with E-state index in [2.05, 4.69) is 4.98 Å². The SMILES string of the molecule is Cc1cc(Cl)cnc1CS(=O)(=O)Cl. The molecule has 0 unspecified atom stereocenters. The first-order valence-electron chi connectivity index (χ1n) is 3.42. The highest BCUT2D eigenvalue weighted by atomic mass is 35.7. The highest BCUT2D eigenvalue weighted by Crippen LogP contribution is 2.15. The van der Waals surface area contributed by atoms with Crippen molar-refractivity contribution in [1.82, 2.24) is 4.98 Å². The van der Waals surface area contributed by atoms with Gasteiger partial charge < -0.3 is 0 Å². The maximum absolute atomic E-state index is 10.7. The normalized spacial score (nSPS) is 11.6. The first-order valence-corrected chi connectivity index (χ1v) is 6.27. The molecule has 13 heavy (non-hydrogen) atoms. The highest BCUT2D eigenvalue weighted by molar-refractivity contribution is 8.13. The van der Waals surface area contributed by atoms with E-state index in [0.29, 0.717) is 10.7 Å². The molecule has 0 N–H and O–H groups in total. The minimum Gasteiger partial charge on any atom is -0.258 e. The monoisotopic (exact) mass is 239 g/mol. The molecule has 0 aliphatic rings. The summed E-state index contributed by atoms with van der Waals surface area (Å²) >= 11 is 5.64. The Morgan fingerprint density at radius 2 is 2.15 bits per heavy atom. The second-order valence-corrected chi connectivity index (χ2v) is 5.81. The largest absolute Gasteiger partial charge is 0.258 e. The van der Waals surface area contributed by atoms with Crippen LogP contribution in [-0.2, 0) is 14.8 Å². The Kier molecular flexibility index (Phi) is 3.16. The summed E-state index contributed by atoms with van der Waals surface area (Å²) in [5, 5.41) is 0.480. The molecule has 3 nitrogen and oxygen atoms in total. The number of hydrogen-bond acceptors (Lipinski definition) is 3. The summed E-state index contributed by atoms with van der Waals surface area (Å²) < 4.78 is 21.5. The summed E-state index contributed by atoms with van der Waals surface area (Å²) in [5.41, 5.74) is 1.15. The zero-order valence-electron chi connectivity index (χ0n) is 6.79. The summed E-state index contributed by atoms with van der Waals surface area (Å²) in [4.78, 5) is 3.87. The fourth-order valence-electron chi connectivity index (χ4n) is 0.883. The standard InChI is InChI=1S/C7H7Cl2NO2S/c1-5-2-6(8)3-10-7(5)4-13(9,11)12/h2-3H,4H2,1H3. The van der Waals surface area contributed by atoms with Crippen LogP contribution in [0.4, 0.5) is 0 Å². The summed E-state index contributed by atoms with van der Waals surface area (Å²) in [6, 6.07) is 1.64. The molecule has 0 saturated carbocycles. The Balaban J connectivity index is 3.04. The number of pyridine rings is 1. The van der Waals surface area contributed by atoms with E-state index in [1.54, 1.807) is 13.0 Å². The van der Waals surface area contributed by atoms with E-state index in [9.17, 15) is 8.42 Å². The van der Waals surface area contributed by atoms with Gasteiger partial charge in [-0.3, -0.25) is 4.98 Å². The minimum atomic E-state index is -3.55. The second kappa shape index (κ2) is 3.82. The summed E-state index contributed by atoms with van der Waals surface area (Å²) in [5.74, 6) is -0.266. The van der Waals surface area contributed by atoms with Crippen LogP contribution < -0.4 is 0 Å². The molecule has 0 aromatic carbocycles. The molecule has 0 spiro atoms. The lowest BCUT2D eigenvalue weighted by Gasteiger charge is -2.01. The molecular formula is C7H7Cl2NO2S. The van der Waals surface area contributed by atoms with Crippen molar-refractivity contribution in [2.75, 3.05) is 0 Å². The van der Waals surface area contributed by atoms with Gasteiger partial charge in [0.1, 0.15) is 5.75 Å². The molecule has 1 aromatic heterocycles. The van der Waals surface area contributed by atoms with Gasteiger partial charge in [-0.1, -0.05) is 11.6 Å². The third kappa shape index (κ3) is 3.50. The Bertz CT molecular complexity index is 417. The van der Waals surface area contributed by atoms with Crippen molar-refractivity contribution in [3.8, 4) is 0 Å². The number of hydrogen-bond donors (Lipinski definition) is 0. The molecule has 0 fully saturated rings. The van der Waals surface area contributed by atoms with Gasteiger partial charge in [-0.2, -0.15) is 0 Å². The van der Waals surface area contributed by atoms with Gasteiger partial charge in [-0.05, 0) is 18.6 Å². The zero-order valence-corrected chi connectivity index (χ0v) is 9.12. The maximum atomic E-state index is 10.7. The lowest BCUT2D eigenvalue weighted by molar-refractivity contribution is 0.608. The maximum Gasteiger partial charge on any atom is 0.238 e. The Labute approximate surface area is 86.1 Å². The average Bonchev–Trinajstić information content (AvgIpc) is 1.93. The summed E-state index contributed by atoms with van der Waals surface area (Å²) in [7, 11) is 1.53. The third-order valence-corrected chi connectivity index (χ3v) is 2.61. The quantitative estimate of drug-likeness (QED) is 0.744. The van der Waals surface area contributed by atoms with E-state index in [-0.39, 0.29) is 5.75 Å². The Morgan fingerprint density at radius 3 is 2.62 bits per heavy atom. The molecular weight excluding hydrogens is 233 g/mol. The van der Waals surface area contributed by atoms with Crippen molar-refractivity contribution in [1.29, 1.82) is 0 Å². The van der Waals surface area contributed by atoms with Crippen molar-refractivity contribution in [3.05, 3.63) is 28.5 Å². The first kappa shape index (κ1) is 10.8. The molecule has 1 aromatic rings. The number of aryl methyl sites for hydroxylation is 1. The van der Waals surface area contributed by atoms with Crippen molar-refractivity contribution in [2.24, 2.45) is 0 Å². The van der Waals surface area contributed by atoms with Crippen molar-refractivity contribution in [2.45, 2.75) is 12.7 Å².